The first-order valence-electron chi connectivity index (χ1n) is 13.5. The van der Waals surface area contributed by atoms with Gasteiger partial charge in [-0.25, -0.2) is 0 Å². The molecule has 5 nitrogen and oxygen atoms in total. The molecule has 0 unspecified atom stereocenters. The molecule has 3 aliphatic rings. The van der Waals surface area contributed by atoms with Crippen LogP contribution in [-0.4, -0.2) is 46.2 Å². The van der Waals surface area contributed by atoms with E-state index in [0.717, 1.165) is 49.7 Å². The lowest BCUT2D eigenvalue weighted by Gasteiger charge is -2.42. The zero-order valence-electron chi connectivity index (χ0n) is 22.1. The van der Waals surface area contributed by atoms with Crippen molar-refractivity contribution in [2.24, 2.45) is 22.7 Å². The molecule has 35 heavy (non-hydrogen) atoms. The molecule has 0 radical (unpaired) electrons. The monoisotopic (exact) mass is 486 g/mol. The minimum atomic E-state index is -1.01. The molecule has 0 aromatic heterocycles. The van der Waals surface area contributed by atoms with E-state index in [9.17, 15) is 20.1 Å². The second kappa shape index (κ2) is 11.6. The van der Waals surface area contributed by atoms with Crippen LogP contribution in [0.4, 0.5) is 0 Å². The first-order chi connectivity index (χ1) is 16.5. The zero-order chi connectivity index (χ0) is 25.8. The number of fused-ring (bicyclic) bond motifs is 1. The molecule has 6 atom stereocenters. The minimum Gasteiger partial charge on any atom is -0.465 e. The van der Waals surface area contributed by atoms with Crippen LogP contribution in [0.5, 0.6) is 0 Å². The van der Waals surface area contributed by atoms with Crippen LogP contribution in [0.1, 0.15) is 85.5 Å². The van der Waals surface area contributed by atoms with Gasteiger partial charge in [0.1, 0.15) is 0 Å². The fraction of sp³-hybridized carbons (Fsp3) is 0.700. The van der Waals surface area contributed by atoms with Gasteiger partial charge in [-0.2, -0.15) is 0 Å². The van der Waals surface area contributed by atoms with Gasteiger partial charge in [-0.05, 0) is 88.9 Å². The fourth-order valence-corrected chi connectivity index (χ4v) is 6.45. The molecule has 0 bridgehead atoms. The molecule has 0 spiro atoms. The van der Waals surface area contributed by atoms with Crippen LogP contribution in [-0.2, 0) is 9.53 Å². The number of aliphatic hydroxyl groups excluding tert-OH is 3. The lowest BCUT2D eigenvalue weighted by Crippen LogP contribution is -2.37. The molecule has 3 saturated carbocycles. The summed E-state index contributed by atoms with van der Waals surface area (Å²) in [5.74, 6) is 0.442. The zero-order valence-corrected chi connectivity index (χ0v) is 22.1. The molecule has 0 aromatic rings. The third-order valence-electron chi connectivity index (χ3n) is 8.68. The van der Waals surface area contributed by atoms with Gasteiger partial charge in [0.25, 0.3) is 0 Å². The number of rotatable bonds is 8. The molecule has 0 amide bonds. The number of carbonyl (C=O) groups is 1. The third-order valence-corrected chi connectivity index (χ3v) is 8.68. The molecular weight excluding hydrogens is 440 g/mol. The van der Waals surface area contributed by atoms with E-state index in [4.69, 9.17) is 4.74 Å². The lowest BCUT2D eigenvalue weighted by molar-refractivity contribution is -0.158. The van der Waals surface area contributed by atoms with Crippen molar-refractivity contribution < 1.29 is 24.9 Å². The van der Waals surface area contributed by atoms with E-state index >= 15 is 0 Å². The normalized spacial score (nSPS) is 33.6. The van der Waals surface area contributed by atoms with E-state index in [0.29, 0.717) is 37.7 Å². The highest BCUT2D eigenvalue weighted by molar-refractivity contribution is 5.77. The van der Waals surface area contributed by atoms with E-state index in [1.807, 2.05) is 13.0 Å². The van der Waals surface area contributed by atoms with Crippen molar-refractivity contribution in [3.63, 3.8) is 0 Å². The number of allylic oxidation sites excluding steroid dienone is 5. The Hall–Kier alpha value is -1.69. The molecule has 196 valence electrons. The molecule has 3 fully saturated rings. The maximum Gasteiger partial charge on any atom is 0.314 e. The highest BCUT2D eigenvalue weighted by atomic mass is 16.5. The maximum absolute atomic E-state index is 12.4. The third kappa shape index (κ3) is 6.36. The SMILES string of the molecule is C=C(C=C[C@H](O)C(C)(C)C(=O)OCCC)[C@H]1CC[C@H]2C(=CC=C3C[C@@H](O)C[C@H](O)C3)CCC[C@]12C. The molecule has 3 rings (SSSR count). The topological polar surface area (TPSA) is 87.0 Å². The van der Waals surface area contributed by atoms with Crippen molar-refractivity contribution in [1.29, 1.82) is 0 Å². The number of ether oxygens (including phenoxy) is 1. The summed E-state index contributed by atoms with van der Waals surface area (Å²) in [5, 5.41) is 30.7. The van der Waals surface area contributed by atoms with Gasteiger partial charge in [-0.3, -0.25) is 4.79 Å². The van der Waals surface area contributed by atoms with Crippen LogP contribution in [0.15, 0.2) is 47.6 Å². The highest BCUT2D eigenvalue weighted by Crippen LogP contribution is 2.59. The van der Waals surface area contributed by atoms with Gasteiger partial charge in [0, 0.05) is 0 Å². The minimum absolute atomic E-state index is 0.121. The van der Waals surface area contributed by atoms with Crippen molar-refractivity contribution >= 4 is 5.97 Å². The summed E-state index contributed by atoms with van der Waals surface area (Å²) in [7, 11) is 0. The summed E-state index contributed by atoms with van der Waals surface area (Å²) >= 11 is 0. The highest BCUT2D eigenvalue weighted by Gasteiger charge is 2.49. The maximum atomic E-state index is 12.4. The first kappa shape index (κ1) is 27.9. The number of hydrogen-bond acceptors (Lipinski definition) is 5. The van der Waals surface area contributed by atoms with Gasteiger partial charge in [0.2, 0.25) is 0 Å². The summed E-state index contributed by atoms with van der Waals surface area (Å²) in [6.45, 7) is 12.5. The van der Waals surface area contributed by atoms with E-state index in [2.05, 4.69) is 25.7 Å². The predicted octanol–water partition coefficient (Wildman–Crippen LogP) is 5.41. The average molecular weight is 487 g/mol. The van der Waals surface area contributed by atoms with Crippen molar-refractivity contribution in [3.8, 4) is 0 Å². The number of carbonyl (C=O) groups excluding carboxylic acids is 1. The Morgan fingerprint density at radius 3 is 2.57 bits per heavy atom. The summed E-state index contributed by atoms with van der Waals surface area (Å²) in [5.41, 5.74) is 2.73. The lowest BCUT2D eigenvalue weighted by atomic mass is 9.62. The van der Waals surface area contributed by atoms with E-state index in [1.54, 1.807) is 19.9 Å². The van der Waals surface area contributed by atoms with Crippen molar-refractivity contribution in [1.82, 2.24) is 0 Å². The van der Waals surface area contributed by atoms with E-state index in [1.165, 1.54) is 5.57 Å². The molecule has 0 aromatic carbocycles. The Kier molecular flexibility index (Phi) is 9.22. The van der Waals surface area contributed by atoms with Crippen LogP contribution in [0.25, 0.3) is 0 Å². The van der Waals surface area contributed by atoms with Crippen molar-refractivity contribution in [2.45, 2.75) is 104 Å². The fourth-order valence-electron chi connectivity index (χ4n) is 6.45. The quantitative estimate of drug-likeness (QED) is 0.315. The Morgan fingerprint density at radius 2 is 1.91 bits per heavy atom. The summed E-state index contributed by atoms with van der Waals surface area (Å²) in [4.78, 5) is 12.4. The Balaban J connectivity index is 1.69. The molecule has 0 heterocycles. The second-order valence-electron chi connectivity index (χ2n) is 11.8. The molecule has 0 aliphatic heterocycles. The summed E-state index contributed by atoms with van der Waals surface area (Å²) in [6.07, 6.45) is 14.3. The largest absolute Gasteiger partial charge is 0.465 e. The van der Waals surface area contributed by atoms with Crippen LogP contribution < -0.4 is 0 Å². The molecule has 3 N–H and O–H groups in total. The summed E-state index contributed by atoms with van der Waals surface area (Å²) in [6, 6.07) is 0. The Labute approximate surface area is 211 Å². The molecule has 3 aliphatic carbocycles. The second-order valence-corrected chi connectivity index (χ2v) is 11.8. The van der Waals surface area contributed by atoms with E-state index in [-0.39, 0.29) is 11.4 Å². The van der Waals surface area contributed by atoms with E-state index < -0.39 is 23.7 Å². The van der Waals surface area contributed by atoms with Crippen molar-refractivity contribution in [3.05, 3.63) is 47.6 Å². The van der Waals surface area contributed by atoms with Gasteiger partial charge < -0.3 is 20.1 Å². The van der Waals surface area contributed by atoms with Crippen LogP contribution >= 0.6 is 0 Å². The number of esters is 1. The van der Waals surface area contributed by atoms with Crippen molar-refractivity contribution in [2.75, 3.05) is 6.61 Å². The molecular formula is C30H46O5. The Bertz CT molecular complexity index is 854. The van der Waals surface area contributed by atoms with Crippen LogP contribution in [0.2, 0.25) is 0 Å². The first-order valence-corrected chi connectivity index (χ1v) is 13.5. The molecule has 0 saturated heterocycles. The number of hydrogen-bond donors (Lipinski definition) is 3. The standard InChI is InChI=1S/C30H46O5/c1-6-16-35-28(34)29(3,4)27(33)14-9-20(2)25-12-13-26-22(8-7-15-30(25,26)5)11-10-21-17-23(31)19-24(32)18-21/h9-11,14,23-27,31-33H,2,6-8,12-13,15-19H2,1,3-5H3/t23-,24-,25-,26+,27+,30-/m1/s1. The Morgan fingerprint density at radius 1 is 1.23 bits per heavy atom. The number of aliphatic hydroxyl groups is 3. The van der Waals surface area contributed by atoms with Gasteiger partial charge in [-0.1, -0.05) is 61.4 Å². The predicted molar refractivity (Wildman–Crippen MR) is 140 cm³/mol. The summed E-state index contributed by atoms with van der Waals surface area (Å²) < 4.78 is 5.27. The van der Waals surface area contributed by atoms with Gasteiger partial charge in [-0.15, -0.1) is 0 Å². The van der Waals surface area contributed by atoms with Crippen LogP contribution in [0.3, 0.4) is 0 Å². The van der Waals surface area contributed by atoms with Crippen LogP contribution in [0, 0.1) is 22.7 Å². The average Bonchev–Trinajstić information content (AvgIpc) is 3.16. The van der Waals surface area contributed by atoms with Gasteiger partial charge in [0.05, 0.1) is 30.3 Å². The van der Waals surface area contributed by atoms with Gasteiger partial charge in [0.15, 0.2) is 0 Å². The smallest absolute Gasteiger partial charge is 0.314 e. The van der Waals surface area contributed by atoms with Gasteiger partial charge >= 0.3 is 5.97 Å². The molecule has 5 heteroatoms.